The number of hydrogen-bond acceptors (Lipinski definition) is 2. The number of aliphatic hydroxyl groups is 1. The molecule has 1 N–H and O–H groups in total. The third-order valence-corrected chi connectivity index (χ3v) is 4.85. The van der Waals surface area contributed by atoms with Crippen LogP contribution in [0.5, 0.6) is 0 Å². The maximum Gasteiger partial charge on any atom is 0.0631 e. The fourth-order valence-corrected chi connectivity index (χ4v) is 3.32. The summed E-state index contributed by atoms with van der Waals surface area (Å²) in [4.78, 5) is 2.32. The molecule has 1 aliphatic rings. The molecule has 19 heavy (non-hydrogen) atoms. The summed E-state index contributed by atoms with van der Waals surface area (Å²) < 4.78 is 1.12. The first-order valence-electron chi connectivity index (χ1n) is 6.99. The standard InChI is InChI=1S/C16H24BrNO/c1-16(2)9-8-13(15(16)19)11-18(3)10-12-4-6-14(17)7-5-12/h4-7,13,15,19H,8-11H2,1-3H3. The van der Waals surface area contributed by atoms with E-state index in [4.69, 9.17) is 0 Å². The molecule has 2 atom stereocenters. The lowest BCUT2D eigenvalue weighted by Crippen LogP contribution is -2.34. The van der Waals surface area contributed by atoms with E-state index in [9.17, 15) is 5.11 Å². The van der Waals surface area contributed by atoms with Crippen LogP contribution >= 0.6 is 15.9 Å². The lowest BCUT2D eigenvalue weighted by Gasteiger charge is -2.28. The van der Waals surface area contributed by atoms with Gasteiger partial charge < -0.3 is 10.0 Å². The molecule has 0 spiro atoms. The van der Waals surface area contributed by atoms with Crippen molar-refractivity contribution in [2.24, 2.45) is 11.3 Å². The zero-order valence-corrected chi connectivity index (χ0v) is 13.7. The second-order valence-electron chi connectivity index (χ2n) is 6.56. The Morgan fingerprint density at radius 1 is 1.32 bits per heavy atom. The number of nitrogens with zero attached hydrogens (tertiary/aromatic N) is 1. The molecule has 0 aromatic heterocycles. The first kappa shape index (κ1) is 15.0. The Kier molecular flexibility index (Phi) is 4.70. The molecule has 3 heteroatoms. The molecule has 0 aliphatic heterocycles. The van der Waals surface area contributed by atoms with E-state index in [1.165, 1.54) is 5.56 Å². The molecule has 2 nitrogen and oxygen atoms in total. The van der Waals surface area contributed by atoms with E-state index in [-0.39, 0.29) is 11.5 Å². The van der Waals surface area contributed by atoms with E-state index in [2.05, 4.69) is 66.0 Å². The summed E-state index contributed by atoms with van der Waals surface area (Å²) in [6.45, 7) is 6.26. The van der Waals surface area contributed by atoms with Crippen LogP contribution in [0.2, 0.25) is 0 Å². The van der Waals surface area contributed by atoms with Gasteiger partial charge in [0.1, 0.15) is 0 Å². The van der Waals surface area contributed by atoms with Crippen molar-refractivity contribution in [2.45, 2.75) is 39.3 Å². The van der Waals surface area contributed by atoms with Crippen LogP contribution in [0.1, 0.15) is 32.3 Å². The Morgan fingerprint density at radius 2 is 1.95 bits per heavy atom. The molecular weight excluding hydrogens is 302 g/mol. The van der Waals surface area contributed by atoms with Crippen molar-refractivity contribution < 1.29 is 5.11 Å². The third kappa shape index (κ3) is 3.80. The summed E-state index contributed by atoms with van der Waals surface area (Å²) in [5.74, 6) is 0.412. The van der Waals surface area contributed by atoms with Crippen LogP contribution in [0.15, 0.2) is 28.7 Å². The van der Waals surface area contributed by atoms with Gasteiger partial charge in [0.25, 0.3) is 0 Å². The van der Waals surface area contributed by atoms with Gasteiger partial charge in [-0.15, -0.1) is 0 Å². The van der Waals surface area contributed by atoms with Crippen LogP contribution < -0.4 is 0 Å². The minimum atomic E-state index is -0.167. The highest BCUT2D eigenvalue weighted by Crippen LogP contribution is 2.41. The van der Waals surface area contributed by atoms with E-state index >= 15 is 0 Å². The van der Waals surface area contributed by atoms with Crippen LogP contribution in [0, 0.1) is 11.3 Å². The lowest BCUT2D eigenvalue weighted by atomic mass is 9.87. The van der Waals surface area contributed by atoms with Gasteiger partial charge >= 0.3 is 0 Å². The molecule has 0 saturated heterocycles. The fraction of sp³-hybridized carbons (Fsp3) is 0.625. The zero-order valence-electron chi connectivity index (χ0n) is 12.1. The maximum absolute atomic E-state index is 10.3. The Balaban J connectivity index is 1.88. The topological polar surface area (TPSA) is 23.5 Å². The van der Waals surface area contributed by atoms with Crippen molar-refractivity contribution in [2.75, 3.05) is 13.6 Å². The summed E-state index contributed by atoms with van der Waals surface area (Å²) >= 11 is 3.46. The molecule has 1 aliphatic carbocycles. The Hall–Kier alpha value is -0.380. The van der Waals surface area contributed by atoms with E-state index in [0.29, 0.717) is 5.92 Å². The Bertz CT molecular complexity index is 415. The van der Waals surface area contributed by atoms with E-state index in [1.54, 1.807) is 0 Å². The van der Waals surface area contributed by atoms with Crippen molar-refractivity contribution in [1.29, 1.82) is 0 Å². The van der Waals surface area contributed by atoms with E-state index in [0.717, 1.165) is 30.4 Å². The minimum absolute atomic E-state index is 0.0864. The fourth-order valence-electron chi connectivity index (χ4n) is 3.06. The highest BCUT2D eigenvalue weighted by Gasteiger charge is 2.40. The lowest BCUT2D eigenvalue weighted by molar-refractivity contribution is 0.0348. The summed E-state index contributed by atoms with van der Waals surface area (Å²) in [5.41, 5.74) is 1.40. The number of halogens is 1. The largest absolute Gasteiger partial charge is 0.392 e. The van der Waals surface area contributed by atoms with Gasteiger partial charge in [0, 0.05) is 17.6 Å². The second kappa shape index (κ2) is 5.94. The number of aliphatic hydroxyl groups excluding tert-OH is 1. The molecule has 1 saturated carbocycles. The van der Waals surface area contributed by atoms with Gasteiger partial charge in [0.05, 0.1) is 6.10 Å². The van der Waals surface area contributed by atoms with Crippen LogP contribution in [0.25, 0.3) is 0 Å². The number of rotatable bonds is 4. The zero-order chi connectivity index (χ0) is 14.0. The summed E-state index contributed by atoms with van der Waals surface area (Å²) in [5, 5.41) is 10.3. The summed E-state index contributed by atoms with van der Waals surface area (Å²) in [6, 6.07) is 8.46. The summed E-state index contributed by atoms with van der Waals surface area (Å²) in [6.07, 6.45) is 2.10. The average Bonchev–Trinajstić information content (AvgIpc) is 2.59. The highest BCUT2D eigenvalue weighted by atomic mass is 79.9. The van der Waals surface area contributed by atoms with Crippen LogP contribution in [-0.2, 0) is 6.54 Å². The van der Waals surface area contributed by atoms with Gasteiger partial charge in [-0.05, 0) is 48.9 Å². The van der Waals surface area contributed by atoms with Gasteiger partial charge in [-0.2, -0.15) is 0 Å². The van der Waals surface area contributed by atoms with Crippen molar-refractivity contribution in [3.05, 3.63) is 34.3 Å². The average molecular weight is 326 g/mol. The molecule has 2 unspecified atom stereocenters. The quantitative estimate of drug-likeness (QED) is 0.912. The summed E-state index contributed by atoms with van der Waals surface area (Å²) in [7, 11) is 2.14. The minimum Gasteiger partial charge on any atom is -0.392 e. The monoisotopic (exact) mass is 325 g/mol. The van der Waals surface area contributed by atoms with Crippen LogP contribution in [-0.4, -0.2) is 29.7 Å². The van der Waals surface area contributed by atoms with Gasteiger partial charge in [0.2, 0.25) is 0 Å². The molecule has 1 fully saturated rings. The molecule has 0 heterocycles. The molecule has 2 rings (SSSR count). The highest BCUT2D eigenvalue weighted by molar-refractivity contribution is 9.10. The predicted octanol–water partition coefficient (Wildman–Crippen LogP) is 3.68. The molecule has 0 radical (unpaired) electrons. The Morgan fingerprint density at radius 3 is 2.47 bits per heavy atom. The smallest absolute Gasteiger partial charge is 0.0631 e. The normalized spacial score (nSPS) is 26.0. The predicted molar refractivity (Wildman–Crippen MR) is 83.0 cm³/mol. The second-order valence-corrected chi connectivity index (χ2v) is 7.47. The van der Waals surface area contributed by atoms with Crippen molar-refractivity contribution in [3.63, 3.8) is 0 Å². The molecule has 106 valence electrons. The maximum atomic E-state index is 10.3. The van der Waals surface area contributed by atoms with Gasteiger partial charge in [0.15, 0.2) is 0 Å². The van der Waals surface area contributed by atoms with E-state index < -0.39 is 0 Å². The van der Waals surface area contributed by atoms with Crippen LogP contribution in [0.4, 0.5) is 0 Å². The first-order valence-corrected chi connectivity index (χ1v) is 7.79. The number of hydrogen-bond donors (Lipinski definition) is 1. The Labute approximate surface area is 124 Å². The van der Waals surface area contributed by atoms with Crippen molar-refractivity contribution in [3.8, 4) is 0 Å². The third-order valence-electron chi connectivity index (χ3n) is 4.32. The van der Waals surface area contributed by atoms with Crippen molar-refractivity contribution >= 4 is 15.9 Å². The van der Waals surface area contributed by atoms with E-state index in [1.807, 2.05) is 0 Å². The molecule has 1 aromatic rings. The van der Waals surface area contributed by atoms with Gasteiger partial charge in [-0.25, -0.2) is 0 Å². The SMILES string of the molecule is CN(Cc1ccc(Br)cc1)CC1CCC(C)(C)C1O. The molecule has 0 amide bonds. The van der Waals surface area contributed by atoms with Gasteiger partial charge in [-0.3, -0.25) is 0 Å². The molecule has 1 aromatic carbocycles. The van der Waals surface area contributed by atoms with Crippen molar-refractivity contribution in [1.82, 2.24) is 4.90 Å². The number of benzene rings is 1. The molecule has 0 bridgehead atoms. The van der Waals surface area contributed by atoms with Gasteiger partial charge in [-0.1, -0.05) is 41.9 Å². The first-order chi connectivity index (χ1) is 8.88. The molecular formula is C16H24BrNO. The van der Waals surface area contributed by atoms with Crippen LogP contribution in [0.3, 0.4) is 0 Å².